The molecule has 3 heteroatoms. The van der Waals surface area contributed by atoms with Crippen LogP contribution in [0.15, 0.2) is 0 Å². The number of carbonyl (C=O) groups excluding carboxylic acids is 1. The molecule has 1 saturated heterocycles. The van der Waals surface area contributed by atoms with E-state index < -0.39 is 6.17 Å². The highest BCUT2D eigenvalue weighted by atomic mass is 16.1. The van der Waals surface area contributed by atoms with E-state index in [1.54, 1.807) is 0 Å². The lowest BCUT2D eigenvalue weighted by molar-refractivity contribution is -0.118. The van der Waals surface area contributed by atoms with Crippen LogP contribution in [-0.2, 0) is 4.79 Å². The van der Waals surface area contributed by atoms with E-state index in [1.807, 2.05) is 13.8 Å². The van der Waals surface area contributed by atoms with Crippen molar-refractivity contribution in [1.29, 1.82) is 0 Å². The minimum atomic E-state index is -0.431. The lowest BCUT2D eigenvalue weighted by Gasteiger charge is -2.16. The van der Waals surface area contributed by atoms with Gasteiger partial charge in [-0.15, -0.1) is 0 Å². The fraction of sp³-hybridized carbons (Fsp3) is 0.833. The van der Waals surface area contributed by atoms with Gasteiger partial charge in [-0.05, 0) is 13.8 Å². The summed E-state index contributed by atoms with van der Waals surface area (Å²) in [6.07, 6.45) is 0.119. The lowest BCUT2D eigenvalue weighted by Crippen LogP contribution is -2.43. The monoisotopic (exact) mass is 128 g/mol. The van der Waals surface area contributed by atoms with Gasteiger partial charge in [-0.1, -0.05) is 0 Å². The summed E-state index contributed by atoms with van der Waals surface area (Å²) < 4.78 is 0. The van der Waals surface area contributed by atoms with Crippen LogP contribution in [0.3, 0.4) is 0 Å². The molecule has 1 aliphatic heterocycles. The Kier molecular flexibility index (Phi) is 1.33. The van der Waals surface area contributed by atoms with Crippen molar-refractivity contribution in [3.63, 3.8) is 0 Å². The third-order valence-electron chi connectivity index (χ3n) is 1.51. The fourth-order valence-corrected chi connectivity index (χ4v) is 1.10. The van der Waals surface area contributed by atoms with E-state index in [0.29, 0.717) is 6.42 Å². The number of carbonyl (C=O) groups is 1. The Morgan fingerprint density at radius 2 is 2.33 bits per heavy atom. The van der Waals surface area contributed by atoms with Crippen LogP contribution in [0, 0.1) is 0 Å². The summed E-state index contributed by atoms with van der Waals surface area (Å²) in [6.45, 7) is 3.94. The van der Waals surface area contributed by atoms with Crippen molar-refractivity contribution < 1.29 is 4.79 Å². The van der Waals surface area contributed by atoms with Gasteiger partial charge in [0.05, 0.1) is 0 Å². The molecule has 3 nitrogen and oxygen atoms in total. The Hall–Kier alpha value is -0.410. The predicted octanol–water partition coefficient (Wildman–Crippen LogP) is -0.388. The topological polar surface area (TPSA) is 55.1 Å². The third-order valence-corrected chi connectivity index (χ3v) is 1.51. The largest absolute Gasteiger partial charge is 0.310 e. The number of nitrogens with one attached hydrogen (secondary N) is 1. The molecule has 0 bridgehead atoms. The smallest absolute Gasteiger partial charge is 0.165 e. The summed E-state index contributed by atoms with van der Waals surface area (Å²) >= 11 is 0. The number of ketones is 1. The van der Waals surface area contributed by atoms with Gasteiger partial charge < -0.3 is 5.73 Å². The van der Waals surface area contributed by atoms with Crippen molar-refractivity contribution in [3.05, 3.63) is 0 Å². The van der Waals surface area contributed by atoms with Crippen LogP contribution >= 0.6 is 0 Å². The maximum atomic E-state index is 10.8. The SMILES string of the molecule is CC1(C)CC(=O)C(N)N1. The van der Waals surface area contributed by atoms with Crippen LogP contribution < -0.4 is 11.1 Å². The number of Topliss-reactive ketones (excluding diaryl/α,β-unsaturated/α-hetero) is 1. The molecule has 1 unspecified atom stereocenters. The number of hydrogen-bond acceptors (Lipinski definition) is 3. The van der Waals surface area contributed by atoms with Crippen LogP contribution in [-0.4, -0.2) is 17.5 Å². The Labute approximate surface area is 54.6 Å². The molecule has 0 aromatic heterocycles. The first-order valence-electron chi connectivity index (χ1n) is 3.07. The van der Waals surface area contributed by atoms with Gasteiger partial charge in [0.1, 0.15) is 6.17 Å². The van der Waals surface area contributed by atoms with Crippen LogP contribution in [0.25, 0.3) is 0 Å². The maximum absolute atomic E-state index is 10.8. The molecule has 0 spiro atoms. The van der Waals surface area contributed by atoms with Crippen molar-refractivity contribution in [2.24, 2.45) is 5.73 Å². The van der Waals surface area contributed by atoms with Crippen LogP contribution in [0.1, 0.15) is 20.3 Å². The number of nitrogens with two attached hydrogens (primary N) is 1. The zero-order chi connectivity index (χ0) is 7.07. The predicted molar refractivity (Wildman–Crippen MR) is 34.8 cm³/mol. The average Bonchev–Trinajstić information content (AvgIpc) is 1.79. The first-order valence-corrected chi connectivity index (χ1v) is 3.07. The van der Waals surface area contributed by atoms with Gasteiger partial charge in [0, 0.05) is 12.0 Å². The molecule has 3 N–H and O–H groups in total. The second-order valence-corrected chi connectivity index (χ2v) is 3.15. The molecule has 9 heavy (non-hydrogen) atoms. The molecule has 1 aliphatic rings. The van der Waals surface area contributed by atoms with E-state index in [2.05, 4.69) is 5.32 Å². The Morgan fingerprint density at radius 1 is 1.78 bits per heavy atom. The molecule has 1 atom stereocenters. The van der Waals surface area contributed by atoms with Gasteiger partial charge in [0.2, 0.25) is 0 Å². The van der Waals surface area contributed by atoms with E-state index in [-0.39, 0.29) is 11.3 Å². The van der Waals surface area contributed by atoms with Crippen molar-refractivity contribution in [1.82, 2.24) is 5.32 Å². The molecule has 1 fully saturated rings. The third kappa shape index (κ3) is 1.28. The van der Waals surface area contributed by atoms with Crippen molar-refractivity contribution in [3.8, 4) is 0 Å². The quantitative estimate of drug-likeness (QED) is 0.467. The van der Waals surface area contributed by atoms with Gasteiger partial charge in [0.25, 0.3) is 0 Å². The minimum Gasteiger partial charge on any atom is -0.310 e. The van der Waals surface area contributed by atoms with E-state index in [9.17, 15) is 4.79 Å². The zero-order valence-electron chi connectivity index (χ0n) is 5.77. The first-order chi connectivity index (χ1) is 4.01. The Morgan fingerprint density at radius 3 is 2.44 bits per heavy atom. The normalized spacial score (nSPS) is 33.2. The van der Waals surface area contributed by atoms with Crippen molar-refractivity contribution in [2.75, 3.05) is 0 Å². The lowest BCUT2D eigenvalue weighted by atomic mass is 10.0. The molecule has 0 saturated carbocycles. The second kappa shape index (κ2) is 1.78. The van der Waals surface area contributed by atoms with E-state index in [1.165, 1.54) is 0 Å². The number of hydrogen-bond donors (Lipinski definition) is 2. The van der Waals surface area contributed by atoms with Gasteiger partial charge in [-0.3, -0.25) is 10.1 Å². The van der Waals surface area contributed by atoms with E-state index >= 15 is 0 Å². The highest BCUT2D eigenvalue weighted by Crippen LogP contribution is 2.16. The summed E-state index contributed by atoms with van der Waals surface area (Å²) in [5, 5.41) is 2.97. The molecule has 52 valence electrons. The second-order valence-electron chi connectivity index (χ2n) is 3.15. The zero-order valence-corrected chi connectivity index (χ0v) is 5.77. The fourth-order valence-electron chi connectivity index (χ4n) is 1.10. The molecule has 0 radical (unpaired) electrons. The molecule has 1 heterocycles. The highest BCUT2D eigenvalue weighted by Gasteiger charge is 2.34. The molecular weight excluding hydrogens is 116 g/mol. The van der Waals surface area contributed by atoms with E-state index in [4.69, 9.17) is 5.73 Å². The average molecular weight is 128 g/mol. The molecule has 1 rings (SSSR count). The molecule has 0 aromatic carbocycles. The van der Waals surface area contributed by atoms with Crippen LogP contribution in [0.5, 0.6) is 0 Å². The molecule has 0 amide bonds. The first kappa shape index (κ1) is 6.71. The summed E-state index contributed by atoms with van der Waals surface area (Å²) in [6, 6.07) is 0. The van der Waals surface area contributed by atoms with Gasteiger partial charge in [-0.2, -0.15) is 0 Å². The molecule has 0 aliphatic carbocycles. The van der Waals surface area contributed by atoms with Gasteiger partial charge in [0.15, 0.2) is 5.78 Å². The van der Waals surface area contributed by atoms with E-state index in [0.717, 1.165) is 0 Å². The number of rotatable bonds is 0. The van der Waals surface area contributed by atoms with Crippen molar-refractivity contribution in [2.45, 2.75) is 32.0 Å². The molecular formula is C6H12N2O. The summed E-state index contributed by atoms with van der Waals surface area (Å²) in [5.41, 5.74) is 5.31. The summed E-state index contributed by atoms with van der Waals surface area (Å²) in [4.78, 5) is 10.8. The Bertz CT molecular complexity index is 142. The maximum Gasteiger partial charge on any atom is 0.165 e. The Balaban J connectivity index is 2.65. The van der Waals surface area contributed by atoms with Gasteiger partial charge in [-0.25, -0.2) is 0 Å². The highest BCUT2D eigenvalue weighted by molar-refractivity contribution is 5.86. The van der Waals surface area contributed by atoms with Crippen LogP contribution in [0.2, 0.25) is 0 Å². The van der Waals surface area contributed by atoms with Crippen LogP contribution in [0.4, 0.5) is 0 Å². The standard InChI is InChI=1S/C6H12N2O/c1-6(2)3-4(9)5(7)8-6/h5,8H,3,7H2,1-2H3. The van der Waals surface area contributed by atoms with Crippen molar-refractivity contribution >= 4 is 5.78 Å². The molecule has 0 aromatic rings. The summed E-state index contributed by atoms with van der Waals surface area (Å²) in [5.74, 6) is 0.111. The van der Waals surface area contributed by atoms with Gasteiger partial charge >= 0.3 is 0 Å². The summed E-state index contributed by atoms with van der Waals surface area (Å²) in [7, 11) is 0. The minimum absolute atomic E-state index is 0.0868.